The molecule has 4 aliphatic heterocycles. The quantitative estimate of drug-likeness (QED) is 0.0236. The molecule has 26 nitrogen and oxygen atoms in total. The first kappa shape index (κ1) is 82.7. The zero-order chi connectivity index (χ0) is 84.3. The lowest BCUT2D eigenvalue weighted by molar-refractivity contribution is -0.201. The molecule has 6 amide bonds. The molecule has 4 atom stereocenters. The third kappa shape index (κ3) is 17.6. The molecular formula is C94H82N12O14. The van der Waals surface area contributed by atoms with Crippen molar-refractivity contribution in [3.05, 3.63) is 414 Å². The highest BCUT2D eigenvalue weighted by Gasteiger charge is 2.46. The van der Waals surface area contributed by atoms with E-state index in [2.05, 4.69) is 60.9 Å². The van der Waals surface area contributed by atoms with E-state index in [-0.39, 0.29) is 32.1 Å². The van der Waals surface area contributed by atoms with Gasteiger partial charge in [-0.1, -0.05) is 279 Å². The smallest absolute Gasteiger partial charge is 0.356 e. The third-order valence-corrected chi connectivity index (χ3v) is 20.9. The number of aliphatic imine (C=N–C) groups is 1. The number of imide groups is 3. The van der Waals surface area contributed by atoms with Crippen LogP contribution >= 0.6 is 0 Å². The van der Waals surface area contributed by atoms with Gasteiger partial charge < -0.3 is 45.3 Å². The summed E-state index contributed by atoms with van der Waals surface area (Å²) in [6.07, 6.45) is 19.2. The number of carboxylic acids is 3. The number of nitrogens with two attached hydrogens (primary N) is 2. The van der Waals surface area contributed by atoms with Gasteiger partial charge in [-0.25, -0.2) is 24.5 Å². The second-order valence-corrected chi connectivity index (χ2v) is 28.3. The molecule has 3 aromatic heterocycles. The van der Waals surface area contributed by atoms with Crippen molar-refractivity contribution < 1.29 is 68.1 Å². The first-order valence-corrected chi connectivity index (χ1v) is 38.4. The minimum Gasteiger partial charge on any atom is -0.480 e. The zero-order valence-electron chi connectivity index (χ0n) is 64.6. The highest BCUT2D eigenvalue weighted by Crippen LogP contribution is 2.44. The maximum Gasteiger partial charge on any atom is 0.356 e. The van der Waals surface area contributed by atoms with Crippen LogP contribution < -0.4 is 11.5 Å². The molecule has 602 valence electrons. The van der Waals surface area contributed by atoms with E-state index >= 15 is 0 Å². The Hall–Kier alpha value is -15.3. The van der Waals surface area contributed by atoms with Crippen LogP contribution in [-0.2, 0) is 88.7 Å². The van der Waals surface area contributed by atoms with Crippen molar-refractivity contribution in [1.82, 2.24) is 43.5 Å². The Balaban J connectivity index is 0.000000148. The Morgan fingerprint density at radius 3 is 0.875 bits per heavy atom. The fourth-order valence-corrected chi connectivity index (χ4v) is 15.3. The van der Waals surface area contributed by atoms with E-state index in [0.29, 0.717) is 28.6 Å². The van der Waals surface area contributed by atoms with Gasteiger partial charge in [0, 0.05) is 99.8 Å². The van der Waals surface area contributed by atoms with Crippen molar-refractivity contribution >= 4 is 65.5 Å². The van der Waals surface area contributed by atoms with E-state index in [1.807, 2.05) is 258 Å². The van der Waals surface area contributed by atoms with Crippen molar-refractivity contribution in [3.8, 4) is 0 Å². The number of imidazole rings is 3. The number of hydrogen-bond donors (Lipinski definition) is 5. The van der Waals surface area contributed by atoms with Crippen molar-refractivity contribution in [2.24, 2.45) is 16.5 Å². The van der Waals surface area contributed by atoms with E-state index in [1.54, 1.807) is 37.6 Å². The molecule has 0 saturated carbocycles. The predicted octanol–water partition coefficient (Wildman–Crippen LogP) is 10.6. The first-order valence-electron chi connectivity index (χ1n) is 38.4. The molecule has 4 aliphatic rings. The number of carboxylic acid groups (broad SMARTS) is 3. The van der Waals surface area contributed by atoms with Crippen LogP contribution in [0.4, 0.5) is 0 Å². The molecule has 1 fully saturated rings. The Bertz CT molecular complexity index is 5450. The van der Waals surface area contributed by atoms with Gasteiger partial charge in [0.25, 0.3) is 35.4 Å². The summed E-state index contributed by atoms with van der Waals surface area (Å²) in [5.74, 6) is -8.42. The van der Waals surface area contributed by atoms with Crippen LogP contribution in [0.2, 0.25) is 0 Å². The van der Waals surface area contributed by atoms with Gasteiger partial charge in [-0.2, -0.15) is 0 Å². The second-order valence-electron chi connectivity index (χ2n) is 28.3. The summed E-state index contributed by atoms with van der Waals surface area (Å²) in [5, 5.41) is 27.8. The fraction of sp³-hybridized carbons (Fsp3) is 0.149. The Labute approximate surface area is 689 Å². The molecule has 26 heteroatoms. The minimum atomic E-state index is -1.47. The number of nitrogens with zero attached hydrogens (tertiary/aromatic N) is 10. The third-order valence-electron chi connectivity index (χ3n) is 20.9. The number of aliphatic carboxylic acids is 3. The molecular weight excluding hydrogens is 1520 g/mol. The molecule has 0 aliphatic carbocycles. The minimum absolute atomic E-state index is 0.0924. The van der Waals surface area contributed by atoms with E-state index in [0.717, 1.165) is 96.3 Å². The van der Waals surface area contributed by atoms with Crippen LogP contribution in [0.5, 0.6) is 0 Å². The molecule has 0 radical (unpaired) electrons. The molecule has 12 aromatic rings. The monoisotopic (exact) mass is 1600 g/mol. The van der Waals surface area contributed by atoms with Gasteiger partial charge >= 0.3 is 23.9 Å². The maximum atomic E-state index is 13.4. The maximum absolute atomic E-state index is 13.4. The van der Waals surface area contributed by atoms with E-state index in [4.69, 9.17) is 21.4 Å². The summed E-state index contributed by atoms with van der Waals surface area (Å²) in [7, 11) is 0. The number of hydroxylamine groups is 2. The molecule has 7 heterocycles. The summed E-state index contributed by atoms with van der Waals surface area (Å²) in [4.78, 5) is 145. The number of aromatic nitrogens is 6. The molecule has 0 unspecified atom stereocenters. The molecule has 120 heavy (non-hydrogen) atoms. The van der Waals surface area contributed by atoms with Gasteiger partial charge in [0.05, 0.1) is 36.1 Å². The van der Waals surface area contributed by atoms with Crippen LogP contribution in [-0.4, -0.2) is 149 Å². The Morgan fingerprint density at radius 1 is 0.358 bits per heavy atom. The second kappa shape index (κ2) is 37.5. The average molecular weight is 1600 g/mol. The molecule has 16 rings (SSSR count). The average Bonchev–Trinajstić information content (AvgIpc) is 1.55. The van der Waals surface area contributed by atoms with E-state index in [1.165, 1.54) is 0 Å². The number of amides is 6. The summed E-state index contributed by atoms with van der Waals surface area (Å²) < 4.78 is 5.95. The highest BCUT2D eigenvalue weighted by atomic mass is 16.7. The van der Waals surface area contributed by atoms with Crippen LogP contribution in [0, 0.1) is 0 Å². The fourth-order valence-electron chi connectivity index (χ4n) is 15.3. The first-order chi connectivity index (χ1) is 58.2. The normalized spacial score (nSPS) is 14.7. The molecule has 7 N–H and O–H groups in total. The standard InChI is InChI=1S/C33H26N4O6.C29H23N3O4.C25H23N3O2.C7H10N2O2/c38-28-16-17-29(39)36(28)27(32(42)43-37-30(40)18-19-31(37)41)20-26-21-35(22-34-26)33(23-10-4-1-5-11-23,24-12-6-2-7-13-24)25-14-8-3-9-15-25;33-26-16-17-27(34)32(26)25(28(35)36)18-24-19-31(20-30-24)29(21-10-4-1-5-11-21,22-12-6-2-7-13-22)23-14-8-3-9-15-23;26-23(24(29)30)16-22-17-28(18-27-22)25(19-10-4-1-5-11-19,20-12-6-2-7-13-20)21-14-8-3-9-15-21;8-6(7(10)11)4-5-2-1-3-9-5/h1-17,21-22,27H,18-20H2;1-17,19-20,25H,18H2,(H,35,36);1-15,17-18,23H,16,26H2,(H,29,30);2-3,6H,1,4,8H2,(H,10,11)/t27-;25-;23-;6-/m0000/s1. The number of allylic oxidation sites excluding steroid dienone is 1. The number of rotatable bonds is 27. The SMILES string of the molecule is N[C@@H](CC1=CCC=N1)C(=O)O.N[C@@H](Cc1cn(C(c2ccccc2)(c2ccccc2)c2ccccc2)cn1)C(=O)O.O=C(O)[C@H](Cc1cn(C(c2ccccc2)(c2ccccc2)c2ccccc2)cn1)N1C(=O)C=CC1=O.O=C(ON1C(=O)CCC1=O)[C@H](Cc1cn(C(c2ccccc2)(c2ccccc2)c2ccccc2)cn1)N1C(=O)C=CC1=O. The number of hydrogen-bond acceptors (Lipinski definition) is 17. The van der Waals surface area contributed by atoms with Crippen LogP contribution in [0.15, 0.2) is 352 Å². The summed E-state index contributed by atoms with van der Waals surface area (Å²) in [5.41, 5.74) is 20.0. The predicted molar refractivity (Wildman–Crippen MR) is 443 cm³/mol. The summed E-state index contributed by atoms with van der Waals surface area (Å²) in [6.45, 7) is 0. The van der Waals surface area contributed by atoms with E-state index in [9.17, 15) is 58.2 Å². The van der Waals surface area contributed by atoms with Gasteiger partial charge in [-0.05, 0) is 50.1 Å². The number of benzene rings is 9. The van der Waals surface area contributed by atoms with Crippen LogP contribution in [0.1, 0.15) is 92.8 Å². The van der Waals surface area contributed by atoms with Crippen LogP contribution in [0.3, 0.4) is 0 Å². The molecule has 0 bridgehead atoms. The van der Waals surface area contributed by atoms with Gasteiger partial charge in [0.1, 0.15) is 40.8 Å². The zero-order valence-corrected chi connectivity index (χ0v) is 64.6. The van der Waals surface area contributed by atoms with Crippen molar-refractivity contribution in [2.45, 2.75) is 85.7 Å². The van der Waals surface area contributed by atoms with Crippen molar-refractivity contribution in [3.63, 3.8) is 0 Å². The van der Waals surface area contributed by atoms with Crippen molar-refractivity contribution in [1.29, 1.82) is 0 Å². The lowest BCUT2D eigenvalue weighted by Gasteiger charge is -2.37. The Morgan fingerprint density at radius 2 is 0.617 bits per heavy atom. The van der Waals surface area contributed by atoms with Gasteiger partial charge in [-0.15, -0.1) is 5.06 Å². The van der Waals surface area contributed by atoms with Crippen molar-refractivity contribution in [2.75, 3.05) is 0 Å². The van der Waals surface area contributed by atoms with E-state index < -0.39 is 100 Å². The number of carbonyl (C=O) groups excluding carboxylic acids is 7. The molecule has 1 saturated heterocycles. The topological polar surface area (TPSA) is 368 Å². The largest absolute Gasteiger partial charge is 0.480 e. The van der Waals surface area contributed by atoms with Gasteiger partial charge in [0.15, 0.2) is 0 Å². The summed E-state index contributed by atoms with van der Waals surface area (Å²) in [6, 6.07) is 85.8. The number of carbonyl (C=O) groups is 10. The lowest BCUT2D eigenvalue weighted by Crippen LogP contribution is -2.49. The van der Waals surface area contributed by atoms with Crippen LogP contribution in [0.25, 0.3) is 0 Å². The van der Waals surface area contributed by atoms with Gasteiger partial charge in [0.2, 0.25) is 0 Å². The highest BCUT2D eigenvalue weighted by molar-refractivity contribution is 6.15. The molecule has 9 aromatic carbocycles. The van der Waals surface area contributed by atoms with Gasteiger partial charge in [-0.3, -0.25) is 53.1 Å². The molecule has 0 spiro atoms. The lowest BCUT2D eigenvalue weighted by atomic mass is 9.77. The summed E-state index contributed by atoms with van der Waals surface area (Å²) >= 11 is 0. The Kier molecular flexibility index (Phi) is 25.9.